The number of amides is 2. The average Bonchev–Trinajstić information content (AvgIpc) is 2.65. The predicted molar refractivity (Wildman–Crippen MR) is 100 cm³/mol. The molecule has 1 heterocycles. The summed E-state index contributed by atoms with van der Waals surface area (Å²) in [5, 5.41) is 15.7. The molecule has 0 bridgehead atoms. The Morgan fingerprint density at radius 3 is 2.85 bits per heavy atom. The van der Waals surface area contributed by atoms with Crippen molar-refractivity contribution in [3.8, 4) is 0 Å². The minimum Gasteiger partial charge on any atom is -0.391 e. The lowest BCUT2D eigenvalue weighted by atomic mass is 9.93. The van der Waals surface area contributed by atoms with E-state index in [1.807, 2.05) is 24.3 Å². The van der Waals surface area contributed by atoms with Crippen LogP contribution in [-0.4, -0.2) is 42.6 Å². The lowest BCUT2D eigenvalue weighted by Gasteiger charge is -2.28. The third kappa shape index (κ3) is 5.97. The number of nitrogens with one attached hydrogen (secondary N) is 2. The van der Waals surface area contributed by atoms with Gasteiger partial charge in [-0.25, -0.2) is 4.79 Å². The molecule has 144 valence electrons. The summed E-state index contributed by atoms with van der Waals surface area (Å²) < 4.78 is 11.4. The van der Waals surface area contributed by atoms with Crippen LogP contribution in [0.2, 0.25) is 0 Å². The maximum Gasteiger partial charge on any atom is 0.319 e. The van der Waals surface area contributed by atoms with Crippen molar-refractivity contribution in [1.29, 1.82) is 0 Å². The van der Waals surface area contributed by atoms with Crippen LogP contribution in [0.3, 0.4) is 0 Å². The van der Waals surface area contributed by atoms with Crippen molar-refractivity contribution in [2.75, 3.05) is 18.5 Å². The molecule has 3 unspecified atom stereocenters. The van der Waals surface area contributed by atoms with Gasteiger partial charge < -0.3 is 25.2 Å². The standard InChI is InChI=1S/C20H30N2O4/c23-19-10-2-1-9-18(19)22-20(24)21-16-7-5-6-15(12-16)13-25-14-17-8-3-4-11-26-17/h5-7,12,17-19,23H,1-4,8-11,13-14H2,(H2,21,22,24). The Morgan fingerprint density at radius 1 is 1.19 bits per heavy atom. The van der Waals surface area contributed by atoms with Gasteiger partial charge in [0.1, 0.15) is 0 Å². The molecule has 0 spiro atoms. The van der Waals surface area contributed by atoms with Gasteiger partial charge in [0.2, 0.25) is 0 Å². The molecular weight excluding hydrogens is 332 g/mol. The molecule has 26 heavy (non-hydrogen) atoms. The molecule has 6 heteroatoms. The highest BCUT2D eigenvalue weighted by Crippen LogP contribution is 2.19. The number of urea groups is 1. The van der Waals surface area contributed by atoms with E-state index < -0.39 is 6.10 Å². The van der Waals surface area contributed by atoms with Crippen molar-refractivity contribution in [2.45, 2.75) is 69.8 Å². The van der Waals surface area contributed by atoms with Crippen LogP contribution in [-0.2, 0) is 16.1 Å². The van der Waals surface area contributed by atoms with Crippen LogP contribution in [0, 0.1) is 0 Å². The van der Waals surface area contributed by atoms with Crippen molar-refractivity contribution in [1.82, 2.24) is 5.32 Å². The first-order valence-electron chi connectivity index (χ1n) is 9.74. The largest absolute Gasteiger partial charge is 0.391 e. The molecule has 1 aliphatic carbocycles. The topological polar surface area (TPSA) is 79.8 Å². The Balaban J connectivity index is 1.43. The van der Waals surface area contributed by atoms with Gasteiger partial charge in [-0.1, -0.05) is 25.0 Å². The predicted octanol–water partition coefficient (Wildman–Crippen LogP) is 3.20. The number of rotatable bonds is 6. The lowest BCUT2D eigenvalue weighted by molar-refractivity contribution is -0.0447. The maximum absolute atomic E-state index is 12.2. The van der Waals surface area contributed by atoms with E-state index >= 15 is 0 Å². The van der Waals surface area contributed by atoms with Crippen molar-refractivity contribution in [2.24, 2.45) is 0 Å². The Hall–Kier alpha value is -1.63. The summed E-state index contributed by atoms with van der Waals surface area (Å²) in [6, 6.07) is 7.22. The van der Waals surface area contributed by atoms with Crippen molar-refractivity contribution < 1.29 is 19.4 Å². The molecule has 3 rings (SSSR count). The fourth-order valence-corrected chi connectivity index (χ4v) is 3.60. The zero-order chi connectivity index (χ0) is 18.2. The molecule has 6 nitrogen and oxygen atoms in total. The summed E-state index contributed by atoms with van der Waals surface area (Å²) in [5.41, 5.74) is 1.74. The highest BCUT2D eigenvalue weighted by atomic mass is 16.5. The minimum atomic E-state index is -0.448. The molecule has 1 aliphatic heterocycles. The highest BCUT2D eigenvalue weighted by molar-refractivity contribution is 5.89. The van der Waals surface area contributed by atoms with Crippen molar-refractivity contribution in [3.05, 3.63) is 29.8 Å². The van der Waals surface area contributed by atoms with Gasteiger partial charge in [0, 0.05) is 12.3 Å². The summed E-state index contributed by atoms with van der Waals surface area (Å²) in [7, 11) is 0. The second-order valence-corrected chi connectivity index (χ2v) is 7.26. The zero-order valence-electron chi connectivity index (χ0n) is 15.3. The molecule has 2 aliphatic rings. The van der Waals surface area contributed by atoms with Gasteiger partial charge in [0.05, 0.1) is 31.5 Å². The van der Waals surface area contributed by atoms with Crippen LogP contribution in [0.5, 0.6) is 0 Å². The Bertz CT molecular complexity index is 575. The van der Waals surface area contributed by atoms with Gasteiger partial charge in [-0.2, -0.15) is 0 Å². The van der Waals surface area contributed by atoms with Gasteiger partial charge in [-0.3, -0.25) is 0 Å². The summed E-state index contributed by atoms with van der Waals surface area (Å²) in [5.74, 6) is 0. The smallest absolute Gasteiger partial charge is 0.319 e. The van der Waals surface area contributed by atoms with Crippen molar-refractivity contribution in [3.63, 3.8) is 0 Å². The quantitative estimate of drug-likeness (QED) is 0.726. The number of benzene rings is 1. The third-order valence-electron chi connectivity index (χ3n) is 5.08. The molecule has 2 fully saturated rings. The van der Waals surface area contributed by atoms with E-state index in [1.165, 1.54) is 6.42 Å². The highest BCUT2D eigenvalue weighted by Gasteiger charge is 2.24. The molecule has 1 aromatic rings. The summed E-state index contributed by atoms with van der Waals surface area (Å²) in [4.78, 5) is 12.2. The monoisotopic (exact) mass is 362 g/mol. The first-order valence-corrected chi connectivity index (χ1v) is 9.74. The molecular formula is C20H30N2O4. The first-order chi connectivity index (χ1) is 12.7. The number of hydrogen-bond acceptors (Lipinski definition) is 4. The number of hydrogen-bond donors (Lipinski definition) is 3. The van der Waals surface area contributed by atoms with E-state index in [1.54, 1.807) is 0 Å². The Labute approximate surface area is 155 Å². The fraction of sp³-hybridized carbons (Fsp3) is 0.650. The van der Waals surface area contributed by atoms with E-state index in [-0.39, 0.29) is 18.2 Å². The van der Waals surface area contributed by atoms with E-state index in [0.29, 0.717) is 13.2 Å². The second kappa shape index (κ2) is 9.90. The summed E-state index contributed by atoms with van der Waals surface area (Å²) >= 11 is 0. The minimum absolute atomic E-state index is 0.161. The lowest BCUT2D eigenvalue weighted by Crippen LogP contribution is -2.46. The van der Waals surface area contributed by atoms with Crippen molar-refractivity contribution >= 4 is 11.7 Å². The number of anilines is 1. The number of carbonyl (C=O) groups is 1. The van der Waals surface area contributed by atoms with E-state index in [9.17, 15) is 9.90 Å². The molecule has 1 saturated heterocycles. The summed E-state index contributed by atoms with van der Waals surface area (Å²) in [6.45, 7) is 1.94. The van der Waals surface area contributed by atoms with Crippen LogP contribution < -0.4 is 10.6 Å². The fourth-order valence-electron chi connectivity index (χ4n) is 3.60. The van der Waals surface area contributed by atoms with Crippen LogP contribution in [0.4, 0.5) is 10.5 Å². The molecule has 2 amide bonds. The molecule has 3 atom stereocenters. The molecule has 0 radical (unpaired) electrons. The van der Waals surface area contributed by atoms with E-state index in [2.05, 4.69) is 10.6 Å². The van der Waals surface area contributed by atoms with Gasteiger partial charge in [-0.05, 0) is 49.8 Å². The van der Waals surface area contributed by atoms with Crippen LogP contribution in [0.15, 0.2) is 24.3 Å². The Morgan fingerprint density at radius 2 is 2.04 bits per heavy atom. The molecule has 0 aromatic heterocycles. The molecule has 1 aromatic carbocycles. The summed E-state index contributed by atoms with van der Waals surface area (Å²) in [6.07, 6.45) is 6.81. The average molecular weight is 362 g/mol. The first kappa shape index (κ1) is 19.1. The molecule has 3 N–H and O–H groups in total. The van der Waals surface area contributed by atoms with Gasteiger partial charge in [0.25, 0.3) is 0 Å². The maximum atomic E-state index is 12.2. The van der Waals surface area contributed by atoms with Crippen LogP contribution >= 0.6 is 0 Å². The second-order valence-electron chi connectivity index (χ2n) is 7.26. The SMILES string of the molecule is O=C(Nc1cccc(COCC2CCCCO2)c1)NC1CCCCC1O. The number of aliphatic hydroxyl groups is 1. The van der Waals surface area contributed by atoms with Crippen LogP contribution in [0.25, 0.3) is 0 Å². The zero-order valence-corrected chi connectivity index (χ0v) is 15.3. The number of carbonyl (C=O) groups excluding carboxylic acids is 1. The number of ether oxygens (including phenoxy) is 2. The van der Waals surface area contributed by atoms with E-state index in [4.69, 9.17) is 9.47 Å². The van der Waals surface area contributed by atoms with Gasteiger partial charge in [0.15, 0.2) is 0 Å². The number of aliphatic hydroxyl groups excluding tert-OH is 1. The van der Waals surface area contributed by atoms with Crippen LogP contribution in [0.1, 0.15) is 50.5 Å². The van der Waals surface area contributed by atoms with Gasteiger partial charge in [-0.15, -0.1) is 0 Å². The van der Waals surface area contributed by atoms with Gasteiger partial charge >= 0.3 is 6.03 Å². The van der Waals surface area contributed by atoms with E-state index in [0.717, 1.165) is 56.4 Å². The Kier molecular flexibility index (Phi) is 7.29. The molecule has 1 saturated carbocycles. The third-order valence-corrected chi connectivity index (χ3v) is 5.08. The normalized spacial score (nSPS) is 26.3.